The summed E-state index contributed by atoms with van der Waals surface area (Å²) in [4.78, 5) is 22.2. The molecule has 0 rings (SSSR count). The van der Waals surface area contributed by atoms with Crippen LogP contribution in [0.2, 0.25) is 0 Å². The van der Waals surface area contributed by atoms with Crippen molar-refractivity contribution in [3.05, 3.63) is 22.7 Å². The van der Waals surface area contributed by atoms with Crippen LogP contribution < -0.4 is 0 Å². The SMILES string of the molecule is CC(=O)C(=C(C)O)C(C(C)=O)=C(C)O. The Balaban J connectivity index is 5.66. The van der Waals surface area contributed by atoms with E-state index in [0.29, 0.717) is 0 Å². The van der Waals surface area contributed by atoms with Gasteiger partial charge in [-0.25, -0.2) is 0 Å². The molecule has 0 heterocycles. The van der Waals surface area contributed by atoms with Crippen LogP contribution in [0.3, 0.4) is 0 Å². The number of Topliss-reactive ketones (excluding diaryl/α,β-unsaturated/α-hetero) is 2. The molecular weight excluding hydrogens is 184 g/mol. The number of aliphatic hydroxyl groups excluding tert-OH is 2. The van der Waals surface area contributed by atoms with Crippen LogP contribution in [0.4, 0.5) is 0 Å². The predicted octanol–water partition coefficient (Wildman–Crippen LogP) is 1.83. The lowest BCUT2D eigenvalue weighted by molar-refractivity contribution is -0.116. The molecule has 0 saturated carbocycles. The molecule has 0 saturated heterocycles. The quantitative estimate of drug-likeness (QED) is 0.412. The molecule has 0 aromatic carbocycles. The second-order valence-electron chi connectivity index (χ2n) is 3.03. The molecule has 0 aromatic rings. The van der Waals surface area contributed by atoms with E-state index in [2.05, 4.69) is 0 Å². The Hall–Kier alpha value is -1.58. The summed E-state index contributed by atoms with van der Waals surface area (Å²) in [5.74, 6) is -1.44. The van der Waals surface area contributed by atoms with Crippen molar-refractivity contribution in [1.29, 1.82) is 0 Å². The van der Waals surface area contributed by atoms with Gasteiger partial charge < -0.3 is 10.2 Å². The Morgan fingerprint density at radius 3 is 1.00 bits per heavy atom. The Bertz CT molecular complexity index is 292. The molecule has 2 N–H and O–H groups in total. The monoisotopic (exact) mass is 198 g/mol. The van der Waals surface area contributed by atoms with E-state index in [9.17, 15) is 19.8 Å². The van der Waals surface area contributed by atoms with Crippen molar-refractivity contribution in [1.82, 2.24) is 0 Å². The zero-order valence-electron chi connectivity index (χ0n) is 8.71. The molecule has 0 aromatic heterocycles. The minimum absolute atomic E-state index is 0.127. The number of ketones is 2. The average molecular weight is 198 g/mol. The van der Waals surface area contributed by atoms with Gasteiger partial charge in [-0.05, 0) is 27.7 Å². The van der Waals surface area contributed by atoms with Gasteiger partial charge in [0.1, 0.15) is 11.5 Å². The molecule has 0 aliphatic rings. The summed E-state index contributed by atoms with van der Waals surface area (Å²) in [7, 11) is 0. The van der Waals surface area contributed by atoms with Gasteiger partial charge in [-0.15, -0.1) is 0 Å². The van der Waals surface area contributed by atoms with Crippen molar-refractivity contribution in [2.45, 2.75) is 27.7 Å². The Morgan fingerprint density at radius 1 is 0.714 bits per heavy atom. The molecule has 0 amide bonds. The third-order valence-corrected chi connectivity index (χ3v) is 1.68. The van der Waals surface area contributed by atoms with E-state index in [1.54, 1.807) is 0 Å². The van der Waals surface area contributed by atoms with Crippen LogP contribution in [0, 0.1) is 0 Å². The second kappa shape index (κ2) is 4.60. The van der Waals surface area contributed by atoms with Gasteiger partial charge in [-0.1, -0.05) is 0 Å². The number of allylic oxidation sites excluding steroid dienone is 4. The summed E-state index contributed by atoms with van der Waals surface area (Å²) in [5.41, 5.74) is -0.255. The van der Waals surface area contributed by atoms with E-state index in [1.165, 1.54) is 27.7 Å². The zero-order chi connectivity index (χ0) is 11.5. The predicted molar refractivity (Wildman–Crippen MR) is 52.0 cm³/mol. The average Bonchev–Trinajstić information content (AvgIpc) is 1.96. The molecule has 0 radical (unpaired) electrons. The van der Waals surface area contributed by atoms with E-state index < -0.39 is 11.6 Å². The highest BCUT2D eigenvalue weighted by Crippen LogP contribution is 2.18. The number of aliphatic hydroxyl groups is 2. The lowest BCUT2D eigenvalue weighted by atomic mass is 9.97. The van der Waals surface area contributed by atoms with Gasteiger partial charge >= 0.3 is 0 Å². The molecule has 4 nitrogen and oxygen atoms in total. The van der Waals surface area contributed by atoms with Crippen LogP contribution in [0.5, 0.6) is 0 Å². The first-order chi connectivity index (χ1) is 6.29. The third kappa shape index (κ3) is 2.73. The molecule has 0 aliphatic carbocycles. The first kappa shape index (κ1) is 12.4. The van der Waals surface area contributed by atoms with Crippen molar-refractivity contribution in [2.75, 3.05) is 0 Å². The summed E-state index contributed by atoms with van der Waals surface area (Å²) >= 11 is 0. The second-order valence-corrected chi connectivity index (χ2v) is 3.03. The van der Waals surface area contributed by atoms with Crippen LogP contribution in [0.25, 0.3) is 0 Å². The number of hydrogen-bond donors (Lipinski definition) is 2. The maximum Gasteiger partial charge on any atom is 0.164 e. The van der Waals surface area contributed by atoms with Crippen molar-refractivity contribution < 1.29 is 19.8 Å². The maximum atomic E-state index is 11.1. The normalized spacial score (nSPS) is 14.3. The van der Waals surface area contributed by atoms with Gasteiger partial charge in [-0.3, -0.25) is 9.59 Å². The fourth-order valence-corrected chi connectivity index (χ4v) is 1.22. The first-order valence-corrected chi connectivity index (χ1v) is 4.11. The maximum absolute atomic E-state index is 11.1. The topological polar surface area (TPSA) is 74.6 Å². The van der Waals surface area contributed by atoms with E-state index in [1.807, 2.05) is 0 Å². The largest absolute Gasteiger partial charge is 0.512 e. The van der Waals surface area contributed by atoms with Gasteiger partial charge in [0.2, 0.25) is 0 Å². The van der Waals surface area contributed by atoms with E-state index >= 15 is 0 Å². The van der Waals surface area contributed by atoms with Crippen LogP contribution in [-0.2, 0) is 9.59 Å². The number of rotatable bonds is 3. The van der Waals surface area contributed by atoms with Gasteiger partial charge in [0.25, 0.3) is 0 Å². The van der Waals surface area contributed by atoms with Gasteiger partial charge in [-0.2, -0.15) is 0 Å². The Labute approximate surface area is 82.6 Å². The Kier molecular flexibility index (Phi) is 4.08. The van der Waals surface area contributed by atoms with Gasteiger partial charge in [0, 0.05) is 0 Å². The fourth-order valence-electron chi connectivity index (χ4n) is 1.22. The minimum Gasteiger partial charge on any atom is -0.512 e. The first-order valence-electron chi connectivity index (χ1n) is 4.11. The molecule has 0 bridgehead atoms. The van der Waals surface area contributed by atoms with Crippen molar-refractivity contribution in [2.24, 2.45) is 0 Å². The lowest BCUT2D eigenvalue weighted by Crippen LogP contribution is -2.11. The molecular formula is C10H14O4. The van der Waals surface area contributed by atoms with E-state index in [0.717, 1.165) is 0 Å². The minimum atomic E-state index is -0.455. The summed E-state index contributed by atoms with van der Waals surface area (Å²) < 4.78 is 0. The molecule has 0 atom stereocenters. The van der Waals surface area contributed by atoms with Crippen LogP contribution >= 0.6 is 0 Å². The molecule has 0 aliphatic heterocycles. The molecule has 0 fully saturated rings. The summed E-state index contributed by atoms with van der Waals surface area (Å²) in [6.45, 7) is 5.03. The smallest absolute Gasteiger partial charge is 0.164 e. The summed E-state index contributed by atoms with van der Waals surface area (Å²) in [6.07, 6.45) is 0. The number of carbonyl (C=O) groups excluding carboxylic acids is 2. The summed E-state index contributed by atoms with van der Waals surface area (Å²) in [5, 5.41) is 18.4. The molecule has 0 spiro atoms. The zero-order valence-corrected chi connectivity index (χ0v) is 8.71. The Morgan fingerprint density at radius 2 is 0.929 bits per heavy atom. The van der Waals surface area contributed by atoms with Crippen LogP contribution in [0.15, 0.2) is 22.7 Å². The molecule has 14 heavy (non-hydrogen) atoms. The highest BCUT2D eigenvalue weighted by molar-refractivity contribution is 6.11. The highest BCUT2D eigenvalue weighted by atomic mass is 16.3. The van der Waals surface area contributed by atoms with Gasteiger partial charge in [0.05, 0.1) is 11.1 Å². The van der Waals surface area contributed by atoms with Crippen LogP contribution in [0.1, 0.15) is 27.7 Å². The lowest BCUT2D eigenvalue weighted by Gasteiger charge is -2.08. The third-order valence-electron chi connectivity index (χ3n) is 1.68. The highest BCUT2D eigenvalue weighted by Gasteiger charge is 2.20. The number of hydrogen-bond acceptors (Lipinski definition) is 4. The van der Waals surface area contributed by atoms with Gasteiger partial charge in [0.15, 0.2) is 11.6 Å². The van der Waals surface area contributed by atoms with Crippen molar-refractivity contribution in [3.63, 3.8) is 0 Å². The standard InChI is InChI=1S/C10H14O4/c1-5(11)9(6(2)12)10(7(3)13)8(4)14/h11,13H,1-4H3. The van der Waals surface area contributed by atoms with Crippen molar-refractivity contribution >= 4 is 11.6 Å². The molecule has 0 unspecified atom stereocenters. The van der Waals surface area contributed by atoms with E-state index in [-0.39, 0.29) is 22.7 Å². The molecule has 4 heteroatoms. The summed E-state index contributed by atoms with van der Waals surface area (Å²) in [6, 6.07) is 0. The van der Waals surface area contributed by atoms with Crippen LogP contribution in [-0.4, -0.2) is 21.8 Å². The van der Waals surface area contributed by atoms with Crippen molar-refractivity contribution in [3.8, 4) is 0 Å². The fraction of sp³-hybridized carbons (Fsp3) is 0.400. The molecule has 78 valence electrons. The number of carbonyl (C=O) groups is 2. The van der Waals surface area contributed by atoms with E-state index in [4.69, 9.17) is 0 Å².